The van der Waals surface area contributed by atoms with Crippen LogP contribution in [0.4, 0.5) is 0 Å². The molecule has 1 saturated carbocycles. The van der Waals surface area contributed by atoms with E-state index < -0.39 is 0 Å². The molecule has 5 rings (SSSR count). The molecule has 3 heterocycles. The third kappa shape index (κ3) is 2.64. The van der Waals surface area contributed by atoms with Gasteiger partial charge in [0.1, 0.15) is 6.04 Å². The van der Waals surface area contributed by atoms with Gasteiger partial charge >= 0.3 is 0 Å². The van der Waals surface area contributed by atoms with Crippen LogP contribution in [0.1, 0.15) is 36.0 Å². The zero-order valence-electron chi connectivity index (χ0n) is 14.1. The molecule has 3 fully saturated rings. The molecule has 6 nitrogen and oxygen atoms in total. The van der Waals surface area contributed by atoms with Crippen molar-refractivity contribution in [1.29, 1.82) is 0 Å². The number of carbonyl (C=O) groups excluding carboxylic acids is 2. The molecule has 2 atom stereocenters. The molecule has 1 aromatic carbocycles. The lowest BCUT2D eigenvalue weighted by Crippen LogP contribution is -2.60. The van der Waals surface area contributed by atoms with Gasteiger partial charge in [-0.15, -0.1) is 0 Å². The van der Waals surface area contributed by atoms with E-state index in [-0.39, 0.29) is 24.6 Å². The lowest BCUT2D eigenvalue weighted by Gasteiger charge is -2.46. The van der Waals surface area contributed by atoms with E-state index in [0.717, 1.165) is 25.9 Å². The molecule has 2 amide bonds. The molecule has 25 heavy (non-hydrogen) atoms. The largest absolute Gasteiger partial charge is 0.454 e. The first-order chi connectivity index (χ1) is 12.2. The molecule has 132 valence electrons. The van der Waals surface area contributed by atoms with Gasteiger partial charge in [-0.2, -0.15) is 0 Å². The SMILES string of the molecule is O=C1[C@H]2C[C@H](CCN2C(=O)c2ccc3c(c2)OCO3)CN1CC1CC1. The molecule has 1 aliphatic carbocycles. The van der Waals surface area contributed by atoms with Crippen LogP contribution in [-0.4, -0.2) is 54.1 Å². The van der Waals surface area contributed by atoms with Gasteiger partial charge < -0.3 is 19.3 Å². The molecular formula is C19H22N2O4. The molecule has 4 aliphatic rings. The van der Waals surface area contributed by atoms with Crippen LogP contribution in [-0.2, 0) is 4.79 Å². The summed E-state index contributed by atoms with van der Waals surface area (Å²) in [4.78, 5) is 29.7. The molecule has 2 bridgehead atoms. The summed E-state index contributed by atoms with van der Waals surface area (Å²) in [5.41, 5.74) is 0.565. The van der Waals surface area contributed by atoms with Gasteiger partial charge in [0, 0.05) is 25.2 Å². The van der Waals surface area contributed by atoms with Crippen molar-refractivity contribution in [2.45, 2.75) is 31.7 Å². The molecule has 0 N–H and O–H groups in total. The molecule has 0 aromatic heterocycles. The summed E-state index contributed by atoms with van der Waals surface area (Å²) >= 11 is 0. The fourth-order valence-electron chi connectivity index (χ4n) is 4.27. The molecule has 0 radical (unpaired) electrons. The van der Waals surface area contributed by atoms with Crippen LogP contribution in [0.25, 0.3) is 0 Å². The fraction of sp³-hybridized carbons (Fsp3) is 0.579. The average molecular weight is 342 g/mol. The number of amides is 2. The van der Waals surface area contributed by atoms with E-state index in [2.05, 4.69) is 0 Å². The Bertz CT molecular complexity index is 730. The van der Waals surface area contributed by atoms with Crippen molar-refractivity contribution in [3.63, 3.8) is 0 Å². The van der Waals surface area contributed by atoms with Crippen LogP contribution in [0.3, 0.4) is 0 Å². The Kier molecular flexibility index (Phi) is 3.40. The highest BCUT2D eigenvalue weighted by molar-refractivity contribution is 5.98. The van der Waals surface area contributed by atoms with Crippen molar-refractivity contribution in [2.75, 3.05) is 26.4 Å². The molecule has 1 aromatic rings. The van der Waals surface area contributed by atoms with Gasteiger partial charge in [0.2, 0.25) is 12.7 Å². The van der Waals surface area contributed by atoms with E-state index in [1.54, 1.807) is 23.1 Å². The Morgan fingerprint density at radius 3 is 2.84 bits per heavy atom. The minimum absolute atomic E-state index is 0.0802. The van der Waals surface area contributed by atoms with E-state index in [1.807, 2.05) is 4.90 Å². The summed E-state index contributed by atoms with van der Waals surface area (Å²) in [5.74, 6) is 2.54. The Balaban J connectivity index is 1.37. The first-order valence-electron chi connectivity index (χ1n) is 9.18. The van der Waals surface area contributed by atoms with E-state index in [0.29, 0.717) is 35.4 Å². The first kappa shape index (κ1) is 15.0. The summed E-state index contributed by atoms with van der Waals surface area (Å²) < 4.78 is 10.7. The second-order valence-corrected chi connectivity index (χ2v) is 7.66. The molecule has 0 spiro atoms. The van der Waals surface area contributed by atoms with Gasteiger partial charge in [-0.05, 0) is 55.7 Å². The zero-order chi connectivity index (χ0) is 17.0. The minimum Gasteiger partial charge on any atom is -0.454 e. The number of fused-ring (bicyclic) bond motifs is 3. The Morgan fingerprint density at radius 1 is 1.16 bits per heavy atom. The third-order valence-electron chi connectivity index (χ3n) is 5.84. The number of nitrogens with zero attached hydrogens (tertiary/aromatic N) is 2. The van der Waals surface area contributed by atoms with Gasteiger partial charge in [-0.1, -0.05) is 0 Å². The topological polar surface area (TPSA) is 59.1 Å². The van der Waals surface area contributed by atoms with Gasteiger partial charge in [0.25, 0.3) is 5.91 Å². The van der Waals surface area contributed by atoms with Crippen molar-refractivity contribution < 1.29 is 19.1 Å². The Morgan fingerprint density at radius 2 is 2.00 bits per heavy atom. The summed E-state index contributed by atoms with van der Waals surface area (Å²) in [6.07, 6.45) is 4.25. The number of carbonyl (C=O) groups is 2. The zero-order valence-corrected chi connectivity index (χ0v) is 14.1. The second-order valence-electron chi connectivity index (χ2n) is 7.66. The van der Waals surface area contributed by atoms with Gasteiger partial charge in [0.05, 0.1) is 0 Å². The first-order valence-corrected chi connectivity index (χ1v) is 9.18. The number of ether oxygens (including phenoxy) is 2. The average Bonchev–Trinajstić information content (AvgIpc) is 3.32. The second kappa shape index (κ2) is 5.64. The molecule has 0 unspecified atom stereocenters. The van der Waals surface area contributed by atoms with Crippen LogP contribution in [0.15, 0.2) is 18.2 Å². The van der Waals surface area contributed by atoms with E-state index in [1.165, 1.54) is 12.8 Å². The van der Waals surface area contributed by atoms with Crippen LogP contribution in [0, 0.1) is 11.8 Å². The predicted octanol–water partition coefficient (Wildman–Crippen LogP) is 1.89. The quantitative estimate of drug-likeness (QED) is 0.842. The third-order valence-corrected chi connectivity index (χ3v) is 5.84. The molecule has 2 saturated heterocycles. The van der Waals surface area contributed by atoms with Crippen molar-refractivity contribution in [1.82, 2.24) is 9.80 Å². The lowest BCUT2D eigenvalue weighted by molar-refractivity contribution is -0.144. The maximum Gasteiger partial charge on any atom is 0.254 e. The van der Waals surface area contributed by atoms with Crippen molar-refractivity contribution in [3.8, 4) is 11.5 Å². The predicted molar refractivity (Wildman–Crippen MR) is 89.4 cm³/mol. The van der Waals surface area contributed by atoms with Crippen LogP contribution < -0.4 is 9.47 Å². The smallest absolute Gasteiger partial charge is 0.254 e. The normalized spacial score (nSPS) is 27.6. The summed E-state index contributed by atoms with van der Waals surface area (Å²) in [6, 6.07) is 4.96. The van der Waals surface area contributed by atoms with Crippen LogP contribution in [0.2, 0.25) is 0 Å². The van der Waals surface area contributed by atoms with Crippen LogP contribution in [0.5, 0.6) is 11.5 Å². The van der Waals surface area contributed by atoms with Gasteiger partial charge in [-0.3, -0.25) is 9.59 Å². The van der Waals surface area contributed by atoms with Crippen molar-refractivity contribution >= 4 is 11.8 Å². The highest BCUT2D eigenvalue weighted by atomic mass is 16.7. The number of benzene rings is 1. The number of likely N-dealkylation sites (tertiary alicyclic amines) is 2. The van der Waals surface area contributed by atoms with Crippen molar-refractivity contribution in [3.05, 3.63) is 23.8 Å². The summed E-state index contributed by atoms with van der Waals surface area (Å²) in [5, 5.41) is 0. The molecular weight excluding hydrogens is 320 g/mol. The maximum absolute atomic E-state index is 13.0. The number of rotatable bonds is 3. The van der Waals surface area contributed by atoms with E-state index in [4.69, 9.17) is 9.47 Å². The number of piperidine rings is 2. The van der Waals surface area contributed by atoms with Gasteiger partial charge in [-0.25, -0.2) is 0 Å². The van der Waals surface area contributed by atoms with Gasteiger partial charge in [0.15, 0.2) is 11.5 Å². The Hall–Kier alpha value is -2.24. The highest BCUT2D eigenvalue weighted by Crippen LogP contribution is 2.37. The summed E-state index contributed by atoms with van der Waals surface area (Å²) in [6.45, 7) is 2.59. The highest BCUT2D eigenvalue weighted by Gasteiger charge is 2.44. The monoisotopic (exact) mass is 342 g/mol. The molecule has 3 aliphatic heterocycles. The number of hydrogen-bond donors (Lipinski definition) is 0. The molecule has 6 heteroatoms. The van der Waals surface area contributed by atoms with E-state index in [9.17, 15) is 9.59 Å². The van der Waals surface area contributed by atoms with Crippen molar-refractivity contribution in [2.24, 2.45) is 11.8 Å². The lowest BCUT2D eigenvalue weighted by atomic mass is 9.85. The summed E-state index contributed by atoms with van der Waals surface area (Å²) in [7, 11) is 0. The number of hydrogen-bond acceptors (Lipinski definition) is 4. The minimum atomic E-state index is -0.302. The Labute approximate surface area is 146 Å². The fourth-order valence-corrected chi connectivity index (χ4v) is 4.27. The maximum atomic E-state index is 13.0. The van der Waals surface area contributed by atoms with Crippen LogP contribution >= 0.6 is 0 Å². The van der Waals surface area contributed by atoms with E-state index >= 15 is 0 Å². The standard InChI is InChI=1S/C19H22N2O4/c22-18(14-3-4-16-17(8-14)25-11-24-16)21-6-5-13-7-15(21)19(23)20(10-13)9-12-1-2-12/h3-4,8,12-13,15H,1-2,5-7,9-11H2/t13-,15+/m0/s1.